The molecule has 0 spiro atoms. The fourth-order valence-corrected chi connectivity index (χ4v) is 7.70. The minimum Gasteiger partial charge on any atom is -0.493 e. The maximum atomic E-state index is 14.1. The lowest BCUT2D eigenvalue weighted by Gasteiger charge is -2.29. The number of rotatable bonds is 14. The highest BCUT2D eigenvalue weighted by Gasteiger charge is 2.30. The molecule has 1 aliphatic heterocycles. The molecule has 240 valence electrons. The molecule has 1 saturated heterocycles. The summed E-state index contributed by atoms with van der Waals surface area (Å²) in [6, 6.07) is 14.9. The number of methoxy groups -OCH3 is 2. The van der Waals surface area contributed by atoms with Crippen LogP contribution in [0.2, 0.25) is 0 Å². The van der Waals surface area contributed by atoms with Crippen molar-refractivity contribution in [3.8, 4) is 11.5 Å². The molecular weight excluding hydrogens is 595 g/mol. The van der Waals surface area contributed by atoms with Crippen LogP contribution in [0.5, 0.6) is 11.5 Å². The van der Waals surface area contributed by atoms with Crippen molar-refractivity contribution in [3.63, 3.8) is 0 Å². The van der Waals surface area contributed by atoms with Crippen LogP contribution in [0.25, 0.3) is 0 Å². The van der Waals surface area contributed by atoms with E-state index < -0.39 is 10.0 Å². The number of hydrogen-bond donors (Lipinski definition) is 0. The van der Waals surface area contributed by atoms with E-state index in [2.05, 4.69) is 25.7 Å². The van der Waals surface area contributed by atoms with Gasteiger partial charge in [-0.05, 0) is 97.1 Å². The van der Waals surface area contributed by atoms with Crippen LogP contribution in [0.4, 0.5) is 0 Å². The highest BCUT2D eigenvalue weighted by molar-refractivity contribution is 7.89. The minimum absolute atomic E-state index is 0.0952. The van der Waals surface area contributed by atoms with Gasteiger partial charge in [-0.3, -0.25) is 4.79 Å². The van der Waals surface area contributed by atoms with Crippen molar-refractivity contribution < 1.29 is 22.7 Å². The van der Waals surface area contributed by atoms with E-state index in [4.69, 9.17) is 9.47 Å². The van der Waals surface area contributed by atoms with Gasteiger partial charge in [0.1, 0.15) is 0 Å². The summed E-state index contributed by atoms with van der Waals surface area (Å²) in [6.07, 6.45) is 2.82. The number of benzene rings is 2. The molecule has 1 amide bonds. The molecule has 0 aliphatic carbocycles. The maximum absolute atomic E-state index is 14.1. The van der Waals surface area contributed by atoms with Crippen LogP contribution in [0, 0.1) is 6.92 Å². The van der Waals surface area contributed by atoms with Crippen LogP contribution in [0.15, 0.2) is 58.8 Å². The van der Waals surface area contributed by atoms with Crippen molar-refractivity contribution in [2.75, 3.05) is 53.5 Å². The van der Waals surface area contributed by atoms with Gasteiger partial charge in [-0.1, -0.05) is 39.0 Å². The summed E-state index contributed by atoms with van der Waals surface area (Å²) in [4.78, 5) is 19.4. The summed E-state index contributed by atoms with van der Waals surface area (Å²) in [5.74, 6) is 1.07. The normalized spacial score (nSPS) is 14.2. The number of amides is 1. The van der Waals surface area contributed by atoms with E-state index in [1.807, 2.05) is 48.7 Å². The highest BCUT2D eigenvalue weighted by atomic mass is 32.2. The number of carbonyl (C=O) groups excluding carboxylic acids is 1. The number of nitrogens with zero attached hydrogens (tertiary/aromatic N) is 3. The first-order valence-electron chi connectivity index (χ1n) is 15.3. The van der Waals surface area contributed by atoms with Crippen molar-refractivity contribution in [2.45, 2.75) is 63.8 Å². The smallest absolute Gasteiger partial charge is 0.243 e. The minimum atomic E-state index is -3.91. The second-order valence-electron chi connectivity index (χ2n) is 12.4. The number of sulfonamides is 1. The molecule has 10 heteroatoms. The first kappa shape index (κ1) is 34.0. The first-order chi connectivity index (χ1) is 20.9. The average Bonchev–Trinajstić information content (AvgIpc) is 3.68. The molecule has 0 radical (unpaired) electrons. The molecule has 44 heavy (non-hydrogen) atoms. The zero-order valence-corrected chi connectivity index (χ0v) is 28.6. The number of thiophene rings is 1. The zero-order valence-electron chi connectivity index (χ0n) is 27.0. The van der Waals surface area contributed by atoms with E-state index in [9.17, 15) is 13.2 Å². The standard InChI is InChI=1S/C34H47N3O5S2/c1-26-16-22-43-32(26)24-36(19-15-27-9-14-30(41-5)31(23-27)42-6)33(38)25-37(21-20-35-17-7-8-18-35)44(39,40)29-12-10-28(11-13-29)34(2,3)4/h9-14,16,22-23H,7-8,15,17-21,24-25H2,1-6H3. The molecule has 0 atom stereocenters. The third kappa shape index (κ3) is 8.62. The summed E-state index contributed by atoms with van der Waals surface area (Å²) in [5, 5.41) is 2.02. The van der Waals surface area contributed by atoms with Crippen LogP contribution in [-0.4, -0.2) is 81.9 Å². The number of likely N-dealkylation sites (tertiary alicyclic amines) is 1. The molecule has 1 aliphatic rings. The molecule has 0 bridgehead atoms. The van der Waals surface area contributed by atoms with Crippen molar-refractivity contribution in [3.05, 3.63) is 75.5 Å². The third-order valence-electron chi connectivity index (χ3n) is 8.31. The molecule has 1 fully saturated rings. The number of aryl methyl sites for hydroxylation is 1. The van der Waals surface area contributed by atoms with Crippen LogP contribution < -0.4 is 9.47 Å². The Kier molecular flexibility index (Phi) is 11.5. The Hall–Kier alpha value is -2.92. The Balaban J connectivity index is 1.58. The second kappa shape index (κ2) is 14.9. The summed E-state index contributed by atoms with van der Waals surface area (Å²) in [6.45, 7) is 11.8. The predicted molar refractivity (Wildman–Crippen MR) is 177 cm³/mol. The van der Waals surface area contributed by atoms with Gasteiger partial charge in [0.15, 0.2) is 11.5 Å². The summed E-state index contributed by atoms with van der Waals surface area (Å²) in [5.41, 5.74) is 3.09. The van der Waals surface area contributed by atoms with Gasteiger partial charge in [0.2, 0.25) is 15.9 Å². The monoisotopic (exact) mass is 641 g/mol. The van der Waals surface area contributed by atoms with Crippen LogP contribution in [0.3, 0.4) is 0 Å². The quantitative estimate of drug-likeness (QED) is 0.224. The van der Waals surface area contributed by atoms with Gasteiger partial charge >= 0.3 is 0 Å². The fourth-order valence-electron chi connectivity index (χ4n) is 5.40. The Morgan fingerprint density at radius 2 is 1.64 bits per heavy atom. The van der Waals surface area contributed by atoms with Gasteiger partial charge in [0.05, 0.1) is 32.2 Å². The largest absolute Gasteiger partial charge is 0.493 e. The predicted octanol–water partition coefficient (Wildman–Crippen LogP) is 5.73. The van der Waals surface area contributed by atoms with Crippen molar-refractivity contribution in [1.29, 1.82) is 0 Å². The Morgan fingerprint density at radius 3 is 2.23 bits per heavy atom. The first-order valence-corrected chi connectivity index (χ1v) is 17.6. The lowest BCUT2D eigenvalue weighted by molar-refractivity contribution is -0.132. The van der Waals surface area contributed by atoms with E-state index >= 15 is 0 Å². The lowest BCUT2D eigenvalue weighted by atomic mass is 9.87. The number of ether oxygens (including phenoxy) is 2. The Labute approximate surface area is 267 Å². The van der Waals surface area contributed by atoms with Gasteiger partial charge < -0.3 is 19.3 Å². The van der Waals surface area contributed by atoms with E-state index in [1.54, 1.807) is 42.6 Å². The van der Waals surface area contributed by atoms with Gasteiger partial charge in [0.25, 0.3) is 0 Å². The molecule has 2 aromatic carbocycles. The van der Waals surface area contributed by atoms with E-state index in [1.165, 1.54) is 4.31 Å². The molecule has 4 rings (SSSR count). The fraction of sp³-hybridized carbons (Fsp3) is 0.500. The van der Waals surface area contributed by atoms with Crippen molar-refractivity contribution >= 4 is 27.3 Å². The SMILES string of the molecule is COc1ccc(CCN(Cc2sccc2C)C(=O)CN(CCN2CCCC2)S(=O)(=O)c2ccc(C(C)(C)C)cc2)cc1OC. The number of carbonyl (C=O) groups is 1. The summed E-state index contributed by atoms with van der Waals surface area (Å²) < 4.78 is 40.3. The maximum Gasteiger partial charge on any atom is 0.243 e. The van der Waals surface area contributed by atoms with Gasteiger partial charge in [-0.25, -0.2) is 8.42 Å². The van der Waals surface area contributed by atoms with Crippen molar-refractivity contribution in [2.24, 2.45) is 0 Å². The molecule has 8 nitrogen and oxygen atoms in total. The Morgan fingerprint density at radius 1 is 0.955 bits per heavy atom. The van der Waals surface area contributed by atoms with Gasteiger partial charge in [0, 0.05) is 24.5 Å². The average molecular weight is 642 g/mol. The topological polar surface area (TPSA) is 79.4 Å². The molecule has 1 aromatic heterocycles. The van der Waals surface area contributed by atoms with E-state index in [0.29, 0.717) is 37.6 Å². The third-order valence-corrected chi connectivity index (χ3v) is 11.2. The van der Waals surface area contributed by atoms with Crippen LogP contribution in [0.1, 0.15) is 55.2 Å². The van der Waals surface area contributed by atoms with E-state index in [0.717, 1.165) is 47.5 Å². The van der Waals surface area contributed by atoms with Crippen molar-refractivity contribution in [1.82, 2.24) is 14.1 Å². The Bertz CT molecular complexity index is 1490. The highest BCUT2D eigenvalue weighted by Crippen LogP contribution is 2.29. The van der Waals surface area contributed by atoms with Gasteiger partial charge in [-0.2, -0.15) is 4.31 Å². The van der Waals surface area contributed by atoms with Crippen LogP contribution in [-0.2, 0) is 33.2 Å². The molecular formula is C34H47N3O5S2. The molecule has 0 saturated carbocycles. The molecule has 0 unspecified atom stereocenters. The zero-order chi connectivity index (χ0) is 31.9. The summed E-state index contributed by atoms with van der Waals surface area (Å²) >= 11 is 1.61. The lowest BCUT2D eigenvalue weighted by Crippen LogP contribution is -2.45. The van der Waals surface area contributed by atoms with E-state index in [-0.39, 0.29) is 29.3 Å². The molecule has 2 heterocycles. The van der Waals surface area contributed by atoms with Crippen LogP contribution >= 0.6 is 11.3 Å². The summed E-state index contributed by atoms with van der Waals surface area (Å²) in [7, 11) is -0.703. The molecule has 0 N–H and O–H groups in total. The second-order valence-corrected chi connectivity index (χ2v) is 15.4. The number of hydrogen-bond acceptors (Lipinski definition) is 7. The molecule has 3 aromatic rings. The van der Waals surface area contributed by atoms with Gasteiger partial charge in [-0.15, -0.1) is 11.3 Å².